The van der Waals surface area contributed by atoms with Crippen LogP contribution in [0.5, 0.6) is 0 Å². The van der Waals surface area contributed by atoms with Gasteiger partial charge >= 0.3 is 0 Å². The zero-order chi connectivity index (χ0) is 13.2. The van der Waals surface area contributed by atoms with Crippen LogP contribution >= 0.6 is 0 Å². The summed E-state index contributed by atoms with van der Waals surface area (Å²) in [4.78, 5) is 15.8. The summed E-state index contributed by atoms with van der Waals surface area (Å²) in [6, 6.07) is 0. The van der Waals surface area contributed by atoms with Gasteiger partial charge < -0.3 is 9.88 Å². The molecule has 0 amide bonds. The van der Waals surface area contributed by atoms with E-state index >= 15 is 0 Å². The maximum absolute atomic E-state index is 11.9. The fourth-order valence-corrected chi connectivity index (χ4v) is 3.95. The molecule has 1 aliphatic rings. The second-order valence-corrected chi connectivity index (χ2v) is 6.75. The van der Waals surface area contributed by atoms with Crippen LogP contribution in [0.2, 0.25) is 0 Å². The summed E-state index contributed by atoms with van der Waals surface area (Å²) >= 11 is 0. The SMILES string of the molecule is CCn1ccnc(NCC2CCS(=O)(=O)C2)c1=O. The second kappa shape index (κ2) is 5.09. The summed E-state index contributed by atoms with van der Waals surface area (Å²) in [6.45, 7) is 2.96. The van der Waals surface area contributed by atoms with Gasteiger partial charge in [0.15, 0.2) is 15.7 Å². The Labute approximate surface area is 106 Å². The first-order valence-electron chi connectivity index (χ1n) is 6.01. The number of anilines is 1. The molecule has 0 bridgehead atoms. The van der Waals surface area contributed by atoms with E-state index in [-0.39, 0.29) is 23.0 Å². The van der Waals surface area contributed by atoms with Crippen molar-refractivity contribution in [3.05, 3.63) is 22.7 Å². The Bertz CT molecular complexity index is 579. The van der Waals surface area contributed by atoms with Crippen molar-refractivity contribution in [3.63, 3.8) is 0 Å². The van der Waals surface area contributed by atoms with E-state index in [9.17, 15) is 13.2 Å². The Morgan fingerprint density at radius 3 is 2.94 bits per heavy atom. The van der Waals surface area contributed by atoms with Crippen molar-refractivity contribution in [2.75, 3.05) is 23.4 Å². The zero-order valence-electron chi connectivity index (χ0n) is 10.3. The predicted molar refractivity (Wildman–Crippen MR) is 69.4 cm³/mol. The summed E-state index contributed by atoms with van der Waals surface area (Å²) in [6.07, 6.45) is 3.86. The highest BCUT2D eigenvalue weighted by Crippen LogP contribution is 2.18. The number of hydrogen-bond acceptors (Lipinski definition) is 5. The van der Waals surface area contributed by atoms with Crippen molar-refractivity contribution in [2.24, 2.45) is 5.92 Å². The van der Waals surface area contributed by atoms with E-state index in [0.717, 1.165) is 0 Å². The molecule has 1 aromatic heterocycles. The van der Waals surface area contributed by atoms with Gasteiger partial charge in [-0.1, -0.05) is 0 Å². The van der Waals surface area contributed by atoms with Gasteiger partial charge in [0.05, 0.1) is 11.5 Å². The summed E-state index contributed by atoms with van der Waals surface area (Å²) in [5.41, 5.74) is -0.166. The van der Waals surface area contributed by atoms with Gasteiger partial charge in [0.2, 0.25) is 0 Å². The highest BCUT2D eigenvalue weighted by molar-refractivity contribution is 7.91. The van der Waals surface area contributed by atoms with Crippen LogP contribution in [0.4, 0.5) is 5.82 Å². The van der Waals surface area contributed by atoms with Crippen molar-refractivity contribution in [3.8, 4) is 0 Å². The molecule has 6 nitrogen and oxygen atoms in total. The van der Waals surface area contributed by atoms with Gasteiger partial charge in [-0.05, 0) is 19.3 Å². The second-order valence-electron chi connectivity index (χ2n) is 4.52. The summed E-state index contributed by atoms with van der Waals surface area (Å²) in [5.74, 6) is 0.824. The lowest BCUT2D eigenvalue weighted by Crippen LogP contribution is -2.26. The number of sulfone groups is 1. The fraction of sp³-hybridized carbons (Fsp3) is 0.636. The molecule has 0 spiro atoms. The summed E-state index contributed by atoms with van der Waals surface area (Å²) < 4.78 is 24.2. The molecule has 2 rings (SSSR count). The Hall–Kier alpha value is -1.37. The fourth-order valence-electron chi connectivity index (χ4n) is 2.09. The number of rotatable bonds is 4. The molecule has 1 atom stereocenters. The minimum absolute atomic E-state index is 0.0754. The van der Waals surface area contributed by atoms with Crippen molar-refractivity contribution in [1.82, 2.24) is 9.55 Å². The first-order chi connectivity index (χ1) is 8.52. The third-order valence-corrected chi connectivity index (χ3v) is 4.98. The van der Waals surface area contributed by atoms with Gasteiger partial charge in [0.1, 0.15) is 0 Å². The van der Waals surface area contributed by atoms with Crippen molar-refractivity contribution in [2.45, 2.75) is 19.9 Å². The molecule has 7 heteroatoms. The summed E-state index contributed by atoms with van der Waals surface area (Å²) in [7, 11) is -2.87. The average Bonchev–Trinajstić information content (AvgIpc) is 2.68. The standard InChI is InChI=1S/C11H17N3O3S/c1-2-14-5-4-12-10(11(14)15)13-7-9-3-6-18(16,17)8-9/h4-5,9H,2-3,6-8H2,1H3,(H,12,13). The lowest BCUT2D eigenvalue weighted by Gasteiger charge is -2.10. The Morgan fingerprint density at radius 2 is 2.33 bits per heavy atom. The molecule has 1 unspecified atom stereocenters. The van der Waals surface area contributed by atoms with Crippen molar-refractivity contribution < 1.29 is 8.42 Å². The predicted octanol–water partition coefficient (Wildman–Crippen LogP) is 0.110. The molecule has 1 N–H and O–H groups in total. The third kappa shape index (κ3) is 2.90. The van der Waals surface area contributed by atoms with Gasteiger partial charge in [0.25, 0.3) is 5.56 Å². The number of nitrogens with zero attached hydrogens (tertiary/aromatic N) is 2. The molecule has 0 saturated carbocycles. The van der Waals surface area contributed by atoms with Crippen LogP contribution in [-0.2, 0) is 16.4 Å². The van der Waals surface area contributed by atoms with Crippen LogP contribution in [0.3, 0.4) is 0 Å². The topological polar surface area (TPSA) is 81.1 Å². The normalized spacial score (nSPS) is 21.9. The molecule has 1 aromatic rings. The lowest BCUT2D eigenvalue weighted by molar-refractivity contribution is 0.595. The zero-order valence-corrected chi connectivity index (χ0v) is 11.1. The first kappa shape index (κ1) is 13.1. The molecule has 18 heavy (non-hydrogen) atoms. The minimum atomic E-state index is -2.87. The van der Waals surface area contributed by atoms with Crippen LogP contribution in [0.25, 0.3) is 0 Å². The van der Waals surface area contributed by atoms with E-state index < -0.39 is 9.84 Å². The van der Waals surface area contributed by atoms with Gasteiger partial charge in [-0.2, -0.15) is 0 Å². The third-order valence-electron chi connectivity index (χ3n) is 3.14. The monoisotopic (exact) mass is 271 g/mol. The Kier molecular flexibility index (Phi) is 3.70. The largest absolute Gasteiger partial charge is 0.365 e. The molecule has 2 heterocycles. The minimum Gasteiger partial charge on any atom is -0.365 e. The molecule has 0 aromatic carbocycles. The molecule has 100 valence electrons. The number of hydrogen-bond donors (Lipinski definition) is 1. The summed E-state index contributed by atoms with van der Waals surface area (Å²) in [5, 5.41) is 2.96. The maximum atomic E-state index is 11.9. The van der Waals surface area contributed by atoms with Crippen LogP contribution in [0, 0.1) is 5.92 Å². The van der Waals surface area contributed by atoms with Crippen molar-refractivity contribution >= 4 is 15.7 Å². The average molecular weight is 271 g/mol. The van der Waals surface area contributed by atoms with Gasteiger partial charge in [-0.15, -0.1) is 0 Å². The maximum Gasteiger partial charge on any atom is 0.293 e. The van der Waals surface area contributed by atoms with Crippen LogP contribution in [-0.4, -0.2) is 36.0 Å². The Balaban J connectivity index is 2.01. The molecule has 0 aliphatic carbocycles. The Morgan fingerprint density at radius 1 is 1.56 bits per heavy atom. The van der Waals surface area contributed by atoms with Gasteiger partial charge in [-0.3, -0.25) is 4.79 Å². The highest BCUT2D eigenvalue weighted by atomic mass is 32.2. The molecule has 1 fully saturated rings. The van der Waals surface area contributed by atoms with Crippen LogP contribution in [0.15, 0.2) is 17.2 Å². The van der Waals surface area contributed by atoms with E-state index in [4.69, 9.17) is 0 Å². The van der Waals surface area contributed by atoms with Gasteiger partial charge in [0, 0.05) is 25.5 Å². The lowest BCUT2D eigenvalue weighted by atomic mass is 10.1. The van der Waals surface area contributed by atoms with Gasteiger partial charge in [-0.25, -0.2) is 13.4 Å². The quantitative estimate of drug-likeness (QED) is 0.840. The van der Waals surface area contributed by atoms with E-state index in [1.807, 2.05) is 6.92 Å². The number of aryl methyl sites for hydroxylation is 1. The molecule has 0 radical (unpaired) electrons. The number of aromatic nitrogens is 2. The van der Waals surface area contributed by atoms with E-state index in [2.05, 4.69) is 10.3 Å². The van der Waals surface area contributed by atoms with Crippen LogP contribution in [0.1, 0.15) is 13.3 Å². The molecule has 1 aliphatic heterocycles. The molecule has 1 saturated heterocycles. The molecular formula is C11H17N3O3S. The van der Waals surface area contributed by atoms with E-state index in [1.165, 1.54) is 0 Å². The van der Waals surface area contributed by atoms with Crippen LogP contribution < -0.4 is 10.9 Å². The first-order valence-corrected chi connectivity index (χ1v) is 7.83. The van der Waals surface area contributed by atoms with Crippen molar-refractivity contribution in [1.29, 1.82) is 0 Å². The number of nitrogens with one attached hydrogen (secondary N) is 1. The smallest absolute Gasteiger partial charge is 0.293 e. The van der Waals surface area contributed by atoms with E-state index in [0.29, 0.717) is 25.3 Å². The molecular weight excluding hydrogens is 254 g/mol. The highest BCUT2D eigenvalue weighted by Gasteiger charge is 2.27. The van der Waals surface area contributed by atoms with E-state index in [1.54, 1.807) is 17.0 Å².